The minimum atomic E-state index is -0.394. The van der Waals surface area contributed by atoms with Gasteiger partial charge in [-0.05, 0) is 73.7 Å². The molecule has 32 heavy (non-hydrogen) atoms. The van der Waals surface area contributed by atoms with Gasteiger partial charge in [0.1, 0.15) is 5.75 Å². The monoisotopic (exact) mass is 447 g/mol. The predicted octanol–water partition coefficient (Wildman–Crippen LogP) is 6.80. The summed E-state index contributed by atoms with van der Waals surface area (Å²) in [5.74, 6) is 0.671. The number of aryl methyl sites for hydroxylation is 1. The summed E-state index contributed by atoms with van der Waals surface area (Å²) in [5.41, 5.74) is 3.89. The maximum Gasteiger partial charge on any atom is 0.265 e. The molecule has 0 saturated carbocycles. The van der Waals surface area contributed by atoms with E-state index >= 15 is 0 Å². The van der Waals surface area contributed by atoms with Crippen molar-refractivity contribution in [2.45, 2.75) is 51.5 Å². The number of hydrogen-bond acceptors (Lipinski definition) is 2. The second-order valence-corrected chi connectivity index (χ2v) is 9.80. The summed E-state index contributed by atoms with van der Waals surface area (Å²) in [4.78, 5) is 15.4. The second kappa shape index (κ2) is 8.63. The van der Waals surface area contributed by atoms with E-state index in [1.54, 1.807) is 0 Å². The first-order valence-corrected chi connectivity index (χ1v) is 11.5. The number of carbonyl (C=O) groups is 1. The van der Waals surface area contributed by atoms with Crippen molar-refractivity contribution < 1.29 is 9.53 Å². The summed E-state index contributed by atoms with van der Waals surface area (Å²) < 4.78 is 5.87. The number of hydrogen-bond donors (Lipinski definition) is 0. The lowest BCUT2D eigenvalue weighted by molar-refractivity contribution is -0.121. The Hall–Kier alpha value is -2.78. The van der Waals surface area contributed by atoms with Crippen LogP contribution in [0, 0.1) is 0 Å². The Morgan fingerprint density at radius 1 is 0.969 bits per heavy atom. The lowest BCUT2D eigenvalue weighted by Gasteiger charge is -2.51. The molecule has 1 atom stereocenters. The second-order valence-electron chi connectivity index (χ2n) is 9.36. The molecule has 166 valence electrons. The van der Waals surface area contributed by atoms with Gasteiger partial charge in [0.25, 0.3) is 5.91 Å². The molecule has 1 amide bonds. The Bertz CT molecular complexity index is 1110. The summed E-state index contributed by atoms with van der Waals surface area (Å²) in [6.07, 6.45) is 1.76. The lowest BCUT2D eigenvalue weighted by Crippen LogP contribution is -2.57. The van der Waals surface area contributed by atoms with Crippen LogP contribution in [0.2, 0.25) is 5.02 Å². The van der Waals surface area contributed by atoms with Crippen molar-refractivity contribution in [1.82, 2.24) is 0 Å². The number of anilines is 1. The number of halogens is 1. The highest BCUT2D eigenvalue weighted by atomic mass is 35.5. The van der Waals surface area contributed by atoms with Crippen LogP contribution in [0.3, 0.4) is 0 Å². The maximum atomic E-state index is 13.4. The van der Waals surface area contributed by atoms with Crippen LogP contribution in [0.4, 0.5) is 5.69 Å². The van der Waals surface area contributed by atoms with Gasteiger partial charge < -0.3 is 9.64 Å². The van der Waals surface area contributed by atoms with E-state index in [0.717, 1.165) is 29.1 Å². The van der Waals surface area contributed by atoms with Gasteiger partial charge in [-0.1, -0.05) is 67.9 Å². The summed E-state index contributed by atoms with van der Waals surface area (Å²) >= 11 is 6.15. The molecule has 0 radical (unpaired) electrons. The summed E-state index contributed by atoms with van der Waals surface area (Å²) in [6, 6.07) is 24.2. The minimum Gasteiger partial charge on any atom is -0.484 e. The first kappa shape index (κ1) is 22.4. The quantitative estimate of drug-likeness (QED) is 0.430. The number of amides is 1. The van der Waals surface area contributed by atoms with Gasteiger partial charge in [0.15, 0.2) is 6.61 Å². The van der Waals surface area contributed by atoms with Gasteiger partial charge in [0.05, 0.1) is 0 Å². The average Bonchev–Trinajstić information content (AvgIpc) is 2.78. The van der Waals surface area contributed by atoms with Gasteiger partial charge in [0, 0.05) is 21.7 Å². The molecule has 3 aromatic rings. The molecule has 3 nitrogen and oxygen atoms in total. The van der Waals surface area contributed by atoms with Crippen molar-refractivity contribution in [2.24, 2.45) is 0 Å². The van der Waals surface area contributed by atoms with Crippen molar-refractivity contribution in [2.75, 3.05) is 11.5 Å². The molecule has 1 aliphatic heterocycles. The molecule has 0 bridgehead atoms. The van der Waals surface area contributed by atoms with Crippen LogP contribution >= 0.6 is 11.6 Å². The third-order valence-electron chi connectivity index (χ3n) is 6.56. The van der Waals surface area contributed by atoms with Crippen molar-refractivity contribution in [3.63, 3.8) is 0 Å². The minimum absolute atomic E-state index is 0.000888. The van der Waals surface area contributed by atoms with Crippen LogP contribution in [0.25, 0.3) is 0 Å². The highest BCUT2D eigenvalue weighted by Gasteiger charge is 2.47. The molecule has 0 aromatic heterocycles. The van der Waals surface area contributed by atoms with Crippen molar-refractivity contribution in [1.29, 1.82) is 0 Å². The van der Waals surface area contributed by atoms with Gasteiger partial charge >= 0.3 is 0 Å². The van der Waals surface area contributed by atoms with E-state index < -0.39 is 5.54 Å². The average molecular weight is 448 g/mol. The summed E-state index contributed by atoms with van der Waals surface area (Å²) in [6.45, 7) is 8.63. The van der Waals surface area contributed by atoms with Crippen molar-refractivity contribution in [3.05, 3.63) is 94.5 Å². The number of rotatable bonds is 5. The van der Waals surface area contributed by atoms with Gasteiger partial charge in [-0.2, -0.15) is 0 Å². The largest absolute Gasteiger partial charge is 0.484 e. The molecule has 4 heteroatoms. The van der Waals surface area contributed by atoms with E-state index in [2.05, 4.69) is 45.9 Å². The van der Waals surface area contributed by atoms with Crippen molar-refractivity contribution >= 4 is 23.2 Å². The van der Waals surface area contributed by atoms with Crippen LogP contribution < -0.4 is 9.64 Å². The summed E-state index contributed by atoms with van der Waals surface area (Å²) in [5, 5.41) is 0.724. The molecule has 1 aliphatic rings. The molecule has 1 unspecified atom stereocenters. The zero-order valence-electron chi connectivity index (χ0n) is 19.2. The highest BCUT2D eigenvalue weighted by Crippen LogP contribution is 2.50. The molecule has 0 aliphatic carbocycles. The first-order valence-electron chi connectivity index (χ1n) is 11.1. The zero-order chi connectivity index (χ0) is 22.9. The van der Waals surface area contributed by atoms with Gasteiger partial charge in [0.2, 0.25) is 0 Å². The van der Waals surface area contributed by atoms with Crippen molar-refractivity contribution in [3.8, 4) is 5.75 Å². The van der Waals surface area contributed by atoms with Gasteiger partial charge in [-0.3, -0.25) is 4.79 Å². The van der Waals surface area contributed by atoms with Crippen LogP contribution in [-0.4, -0.2) is 18.1 Å². The Balaban J connectivity index is 1.66. The van der Waals surface area contributed by atoms with E-state index in [1.807, 2.05) is 59.5 Å². The molecule has 1 heterocycles. The van der Waals surface area contributed by atoms with E-state index in [9.17, 15) is 4.79 Å². The molecule has 3 aromatic carbocycles. The third-order valence-corrected chi connectivity index (χ3v) is 6.81. The molecule has 0 fully saturated rings. The number of ether oxygens (including phenoxy) is 1. The van der Waals surface area contributed by atoms with E-state index in [-0.39, 0.29) is 17.9 Å². The van der Waals surface area contributed by atoms with Gasteiger partial charge in [-0.15, -0.1) is 0 Å². The Kier molecular flexibility index (Phi) is 6.05. The van der Waals surface area contributed by atoms with Crippen LogP contribution in [0.5, 0.6) is 5.75 Å². The highest BCUT2D eigenvalue weighted by molar-refractivity contribution is 6.30. The fourth-order valence-electron chi connectivity index (χ4n) is 5.08. The standard InChI is InChI=1S/C28H30ClNO2/c1-5-20-10-16-23(17-11-20)32-18-26(31)30-25-9-7-6-8-24(25)28(4,19-27(30,2)3)21-12-14-22(29)15-13-21/h6-17H,5,18-19H2,1-4H3. The lowest BCUT2D eigenvalue weighted by atomic mass is 9.65. The fraction of sp³-hybridized carbons (Fsp3) is 0.321. The zero-order valence-corrected chi connectivity index (χ0v) is 19.9. The molecular formula is C28H30ClNO2. The topological polar surface area (TPSA) is 29.5 Å². The molecule has 4 rings (SSSR count). The SMILES string of the molecule is CCc1ccc(OCC(=O)N2c3ccccc3C(C)(c3ccc(Cl)cc3)CC2(C)C)cc1. The predicted molar refractivity (Wildman–Crippen MR) is 132 cm³/mol. The van der Waals surface area contributed by atoms with E-state index in [4.69, 9.17) is 16.3 Å². The van der Waals surface area contributed by atoms with E-state index in [0.29, 0.717) is 5.75 Å². The summed E-state index contributed by atoms with van der Waals surface area (Å²) in [7, 11) is 0. The Morgan fingerprint density at radius 2 is 1.62 bits per heavy atom. The number of carbonyl (C=O) groups excluding carboxylic acids is 1. The number of para-hydroxylation sites is 1. The van der Waals surface area contributed by atoms with E-state index in [1.165, 1.54) is 11.1 Å². The van der Waals surface area contributed by atoms with Gasteiger partial charge in [-0.25, -0.2) is 0 Å². The fourth-order valence-corrected chi connectivity index (χ4v) is 5.21. The Morgan fingerprint density at radius 3 is 2.28 bits per heavy atom. The van der Waals surface area contributed by atoms with Crippen LogP contribution in [-0.2, 0) is 16.6 Å². The third kappa shape index (κ3) is 4.14. The van der Waals surface area contributed by atoms with Crippen LogP contribution in [0.15, 0.2) is 72.8 Å². The number of fused-ring (bicyclic) bond motifs is 1. The number of nitrogens with zero attached hydrogens (tertiary/aromatic N) is 1. The smallest absolute Gasteiger partial charge is 0.265 e. The molecule has 0 N–H and O–H groups in total. The first-order chi connectivity index (χ1) is 15.2. The maximum absolute atomic E-state index is 13.4. The number of benzene rings is 3. The Labute approximate surface area is 196 Å². The molecule has 0 spiro atoms. The molecule has 0 saturated heterocycles. The normalized spacial score (nSPS) is 19.3. The van der Waals surface area contributed by atoms with Crippen LogP contribution in [0.1, 0.15) is 50.8 Å². The molecular weight excluding hydrogens is 418 g/mol.